The standard InChI is InChI=1S/C19H18N6OS2/c26-17(12-25-22-18(21-23-25)16-9-5-11-27-16)24-10-4-3-7-14(24)19-20-13-6-1-2-8-15(13)28-19/h1-2,5-6,8-9,11,14H,3-4,7,10,12H2. The highest BCUT2D eigenvalue weighted by Crippen LogP contribution is 2.35. The van der Waals surface area contributed by atoms with Crippen molar-refractivity contribution in [3.63, 3.8) is 0 Å². The van der Waals surface area contributed by atoms with E-state index >= 15 is 0 Å². The van der Waals surface area contributed by atoms with E-state index in [0.717, 1.165) is 45.9 Å². The molecule has 3 aromatic heterocycles. The molecule has 1 aliphatic heterocycles. The Balaban J connectivity index is 1.36. The van der Waals surface area contributed by atoms with E-state index in [2.05, 4.69) is 21.5 Å². The van der Waals surface area contributed by atoms with E-state index < -0.39 is 0 Å². The Labute approximate surface area is 169 Å². The Bertz CT molecular complexity index is 1070. The van der Waals surface area contributed by atoms with Gasteiger partial charge in [-0.1, -0.05) is 18.2 Å². The second-order valence-corrected chi connectivity index (χ2v) is 8.75. The molecular formula is C19H18N6OS2. The number of tetrazole rings is 1. The predicted molar refractivity (Wildman–Crippen MR) is 109 cm³/mol. The Hall–Kier alpha value is -2.65. The van der Waals surface area contributed by atoms with Gasteiger partial charge < -0.3 is 4.90 Å². The molecule has 0 bridgehead atoms. The van der Waals surface area contributed by atoms with Crippen molar-refractivity contribution in [2.24, 2.45) is 0 Å². The monoisotopic (exact) mass is 410 g/mol. The highest BCUT2D eigenvalue weighted by Gasteiger charge is 2.30. The predicted octanol–water partition coefficient (Wildman–Crippen LogP) is 3.77. The lowest BCUT2D eigenvalue weighted by Gasteiger charge is -2.34. The number of carbonyl (C=O) groups excluding carboxylic acids is 1. The fourth-order valence-corrected chi connectivity index (χ4v) is 5.31. The van der Waals surface area contributed by atoms with Crippen LogP contribution in [-0.4, -0.2) is 42.5 Å². The van der Waals surface area contributed by atoms with E-state index in [1.807, 2.05) is 40.6 Å². The fraction of sp³-hybridized carbons (Fsp3) is 0.316. The second kappa shape index (κ2) is 7.40. The van der Waals surface area contributed by atoms with Crippen molar-refractivity contribution in [1.29, 1.82) is 0 Å². The molecule has 142 valence electrons. The van der Waals surface area contributed by atoms with E-state index in [4.69, 9.17) is 4.98 Å². The molecule has 7 nitrogen and oxygen atoms in total. The van der Waals surface area contributed by atoms with Crippen LogP contribution in [0.1, 0.15) is 30.3 Å². The van der Waals surface area contributed by atoms with Crippen LogP contribution in [0, 0.1) is 0 Å². The molecule has 1 amide bonds. The molecule has 0 spiro atoms. The third kappa shape index (κ3) is 3.31. The Morgan fingerprint density at radius 3 is 2.96 bits per heavy atom. The molecule has 1 atom stereocenters. The summed E-state index contributed by atoms with van der Waals surface area (Å²) in [5.41, 5.74) is 0.999. The zero-order valence-electron chi connectivity index (χ0n) is 15.1. The summed E-state index contributed by atoms with van der Waals surface area (Å²) in [4.78, 5) is 22.1. The van der Waals surface area contributed by atoms with Crippen molar-refractivity contribution < 1.29 is 4.79 Å². The largest absolute Gasteiger partial charge is 0.332 e. The van der Waals surface area contributed by atoms with Crippen molar-refractivity contribution >= 4 is 38.8 Å². The van der Waals surface area contributed by atoms with E-state index in [9.17, 15) is 4.79 Å². The summed E-state index contributed by atoms with van der Waals surface area (Å²) in [5.74, 6) is 0.572. The summed E-state index contributed by atoms with van der Waals surface area (Å²) in [5, 5.41) is 15.5. The number of amides is 1. The maximum atomic E-state index is 13.0. The molecule has 0 N–H and O–H groups in total. The lowest BCUT2D eigenvalue weighted by molar-refractivity contribution is -0.136. The van der Waals surface area contributed by atoms with Gasteiger partial charge in [-0.05, 0) is 48.1 Å². The lowest BCUT2D eigenvalue weighted by Crippen LogP contribution is -2.40. The van der Waals surface area contributed by atoms with Crippen molar-refractivity contribution in [3.05, 3.63) is 46.8 Å². The van der Waals surface area contributed by atoms with Gasteiger partial charge in [0.2, 0.25) is 11.7 Å². The van der Waals surface area contributed by atoms with Gasteiger partial charge in [-0.2, -0.15) is 4.80 Å². The van der Waals surface area contributed by atoms with Crippen LogP contribution >= 0.6 is 22.7 Å². The second-order valence-electron chi connectivity index (χ2n) is 6.74. The van der Waals surface area contributed by atoms with Crippen LogP contribution in [0.2, 0.25) is 0 Å². The Kier molecular flexibility index (Phi) is 4.61. The van der Waals surface area contributed by atoms with Crippen LogP contribution in [0.4, 0.5) is 0 Å². The number of thiophene rings is 1. The molecule has 9 heteroatoms. The van der Waals surface area contributed by atoms with E-state index in [-0.39, 0.29) is 18.5 Å². The molecular weight excluding hydrogens is 392 g/mol. The number of para-hydroxylation sites is 1. The first-order chi connectivity index (χ1) is 13.8. The summed E-state index contributed by atoms with van der Waals surface area (Å²) < 4.78 is 1.16. The van der Waals surface area contributed by atoms with Gasteiger partial charge in [0, 0.05) is 6.54 Å². The van der Waals surface area contributed by atoms with Gasteiger partial charge in [-0.25, -0.2) is 4.98 Å². The van der Waals surface area contributed by atoms with Crippen molar-refractivity contribution in [1.82, 2.24) is 30.1 Å². The minimum atomic E-state index is 0.0130. The normalized spacial score (nSPS) is 17.3. The summed E-state index contributed by atoms with van der Waals surface area (Å²) in [6.45, 7) is 0.839. The van der Waals surface area contributed by atoms with Crippen molar-refractivity contribution in [3.8, 4) is 10.7 Å². The van der Waals surface area contributed by atoms with Gasteiger partial charge in [-0.3, -0.25) is 4.79 Å². The van der Waals surface area contributed by atoms with Crippen molar-refractivity contribution in [2.75, 3.05) is 6.54 Å². The minimum absolute atomic E-state index is 0.0130. The molecule has 0 saturated carbocycles. The molecule has 0 aliphatic carbocycles. The zero-order chi connectivity index (χ0) is 18.9. The van der Waals surface area contributed by atoms with Crippen LogP contribution in [-0.2, 0) is 11.3 Å². The molecule has 28 heavy (non-hydrogen) atoms. The third-order valence-electron chi connectivity index (χ3n) is 4.89. The number of nitrogens with zero attached hydrogens (tertiary/aromatic N) is 6. The maximum absolute atomic E-state index is 13.0. The first-order valence-corrected chi connectivity index (χ1v) is 10.9. The number of thiazole rings is 1. The highest BCUT2D eigenvalue weighted by molar-refractivity contribution is 7.18. The third-order valence-corrected chi connectivity index (χ3v) is 6.89. The lowest BCUT2D eigenvalue weighted by atomic mass is 10.0. The van der Waals surface area contributed by atoms with Gasteiger partial charge in [0.1, 0.15) is 11.6 Å². The summed E-state index contributed by atoms with van der Waals surface area (Å²) in [6, 6.07) is 12.0. The average Bonchev–Trinajstić information content (AvgIpc) is 3.47. The molecule has 4 aromatic rings. The average molecular weight is 411 g/mol. The summed E-state index contributed by atoms with van der Waals surface area (Å²) >= 11 is 3.23. The number of rotatable bonds is 4. The summed E-state index contributed by atoms with van der Waals surface area (Å²) in [7, 11) is 0. The first-order valence-electron chi connectivity index (χ1n) is 9.24. The number of benzene rings is 1. The van der Waals surface area contributed by atoms with Gasteiger partial charge >= 0.3 is 0 Å². The number of hydrogen-bond donors (Lipinski definition) is 0. The van der Waals surface area contributed by atoms with Crippen LogP contribution in [0.25, 0.3) is 20.9 Å². The van der Waals surface area contributed by atoms with Crippen LogP contribution < -0.4 is 0 Å². The molecule has 1 fully saturated rings. The maximum Gasteiger partial charge on any atom is 0.246 e. The molecule has 0 radical (unpaired) electrons. The van der Waals surface area contributed by atoms with Crippen LogP contribution in [0.5, 0.6) is 0 Å². The zero-order valence-corrected chi connectivity index (χ0v) is 16.7. The quantitative estimate of drug-likeness (QED) is 0.512. The highest BCUT2D eigenvalue weighted by atomic mass is 32.1. The Morgan fingerprint density at radius 2 is 2.11 bits per heavy atom. The first kappa shape index (κ1) is 17.4. The summed E-state index contributed by atoms with van der Waals surface area (Å²) in [6.07, 6.45) is 3.06. The fourth-order valence-electron chi connectivity index (χ4n) is 3.55. The van der Waals surface area contributed by atoms with Gasteiger partial charge in [0.25, 0.3) is 0 Å². The SMILES string of the molecule is O=C(Cn1nnc(-c2cccs2)n1)N1CCCCC1c1nc2ccccc2s1. The minimum Gasteiger partial charge on any atom is -0.332 e. The van der Waals surface area contributed by atoms with Gasteiger partial charge in [0.15, 0.2) is 0 Å². The topological polar surface area (TPSA) is 76.8 Å². The number of aromatic nitrogens is 5. The smallest absolute Gasteiger partial charge is 0.246 e. The van der Waals surface area contributed by atoms with E-state index in [1.54, 1.807) is 22.7 Å². The number of carbonyl (C=O) groups is 1. The Morgan fingerprint density at radius 1 is 1.18 bits per heavy atom. The number of fused-ring (bicyclic) bond motifs is 1. The molecule has 5 rings (SSSR count). The van der Waals surface area contributed by atoms with Gasteiger partial charge in [0.05, 0.1) is 21.1 Å². The molecule has 1 aromatic carbocycles. The number of likely N-dealkylation sites (tertiary alicyclic amines) is 1. The van der Waals surface area contributed by atoms with E-state index in [1.165, 1.54) is 4.80 Å². The van der Waals surface area contributed by atoms with Crippen molar-refractivity contribution in [2.45, 2.75) is 31.8 Å². The molecule has 1 saturated heterocycles. The van der Waals surface area contributed by atoms with E-state index in [0.29, 0.717) is 5.82 Å². The number of piperidine rings is 1. The van der Waals surface area contributed by atoms with Crippen LogP contribution in [0.3, 0.4) is 0 Å². The molecule has 4 heterocycles. The van der Waals surface area contributed by atoms with Crippen LogP contribution in [0.15, 0.2) is 41.8 Å². The molecule has 1 aliphatic rings. The number of hydrogen-bond acceptors (Lipinski definition) is 7. The van der Waals surface area contributed by atoms with Gasteiger partial charge in [-0.15, -0.1) is 32.9 Å². The molecule has 1 unspecified atom stereocenters.